The topological polar surface area (TPSA) is 87.5 Å². The first-order valence-corrected chi connectivity index (χ1v) is 9.78. The number of likely N-dealkylation sites (N-methyl/N-ethyl adjacent to an activating group) is 1. The molecule has 3 rings (SSSR count). The molecule has 8 nitrogen and oxygen atoms in total. The first kappa shape index (κ1) is 21.5. The minimum Gasteiger partial charge on any atom is -0.318 e. The lowest BCUT2D eigenvalue weighted by Crippen LogP contribution is -2.33. The number of benzene rings is 1. The monoisotopic (exact) mass is 415 g/mol. The van der Waals surface area contributed by atoms with E-state index in [-0.39, 0.29) is 48.6 Å². The van der Waals surface area contributed by atoms with Crippen molar-refractivity contribution in [1.29, 1.82) is 0 Å². The Bertz CT molecular complexity index is 962. The first-order chi connectivity index (χ1) is 14.1. The van der Waals surface area contributed by atoms with E-state index in [4.69, 9.17) is 0 Å². The number of carbonyl (C=O) groups is 3. The Hall–Kier alpha value is -3.23. The zero-order valence-corrected chi connectivity index (χ0v) is 17.6. The highest BCUT2D eigenvalue weighted by Gasteiger charge is 2.33. The van der Waals surface area contributed by atoms with Crippen LogP contribution < -0.4 is 5.32 Å². The zero-order chi connectivity index (χ0) is 22.1. The van der Waals surface area contributed by atoms with E-state index < -0.39 is 0 Å². The highest BCUT2D eigenvalue weighted by atomic mass is 19.1. The standard InChI is InChI=1S/C21H26FN5O3/c1-21(2,3)16-12-17(27(24-16)15-9-7-14(22)8-10-15)23-18(28)6-5-11-26-19(29)13-25(4)20(26)30/h7-10,12H,5-6,11,13H2,1-4H3,(H,23,28). The summed E-state index contributed by atoms with van der Waals surface area (Å²) in [7, 11) is 1.57. The molecule has 1 N–H and O–H groups in total. The number of amides is 4. The fraction of sp³-hybridized carbons (Fsp3) is 0.429. The Balaban J connectivity index is 1.69. The molecule has 0 atom stereocenters. The number of aromatic nitrogens is 2. The van der Waals surface area contributed by atoms with Crippen molar-refractivity contribution < 1.29 is 18.8 Å². The van der Waals surface area contributed by atoms with Crippen LogP contribution in [0.15, 0.2) is 30.3 Å². The van der Waals surface area contributed by atoms with Crippen molar-refractivity contribution in [1.82, 2.24) is 19.6 Å². The van der Waals surface area contributed by atoms with E-state index >= 15 is 0 Å². The predicted octanol–water partition coefficient (Wildman–Crippen LogP) is 2.92. The molecule has 2 aromatic rings. The van der Waals surface area contributed by atoms with Crippen LogP contribution in [-0.4, -0.2) is 57.6 Å². The summed E-state index contributed by atoms with van der Waals surface area (Å²) in [4.78, 5) is 38.7. The van der Waals surface area contributed by atoms with Crippen molar-refractivity contribution in [3.63, 3.8) is 0 Å². The van der Waals surface area contributed by atoms with Crippen LogP contribution in [0.1, 0.15) is 39.3 Å². The van der Waals surface area contributed by atoms with Gasteiger partial charge in [-0.1, -0.05) is 20.8 Å². The van der Waals surface area contributed by atoms with Crippen molar-refractivity contribution in [3.05, 3.63) is 41.8 Å². The Labute approximate surface area is 174 Å². The van der Waals surface area contributed by atoms with Crippen molar-refractivity contribution in [2.45, 2.75) is 39.0 Å². The van der Waals surface area contributed by atoms with E-state index in [2.05, 4.69) is 10.4 Å². The van der Waals surface area contributed by atoms with Crippen molar-refractivity contribution in [2.24, 2.45) is 0 Å². The van der Waals surface area contributed by atoms with Crippen LogP contribution in [0.2, 0.25) is 0 Å². The van der Waals surface area contributed by atoms with E-state index in [0.29, 0.717) is 17.9 Å². The van der Waals surface area contributed by atoms with Crippen LogP contribution >= 0.6 is 0 Å². The SMILES string of the molecule is CN1CC(=O)N(CCCC(=O)Nc2cc(C(C)(C)C)nn2-c2ccc(F)cc2)C1=O. The second kappa shape index (κ2) is 8.25. The molecule has 2 heterocycles. The van der Waals surface area contributed by atoms with Crippen LogP contribution in [0.5, 0.6) is 0 Å². The lowest BCUT2D eigenvalue weighted by atomic mass is 9.92. The normalized spacial score (nSPS) is 14.6. The molecule has 0 aliphatic carbocycles. The van der Waals surface area contributed by atoms with Gasteiger partial charge in [-0.3, -0.25) is 14.5 Å². The van der Waals surface area contributed by atoms with Crippen molar-refractivity contribution in [3.8, 4) is 5.69 Å². The molecule has 0 unspecified atom stereocenters. The largest absolute Gasteiger partial charge is 0.326 e. The predicted molar refractivity (Wildman–Crippen MR) is 110 cm³/mol. The number of carbonyl (C=O) groups excluding carboxylic acids is 3. The fourth-order valence-electron chi connectivity index (χ4n) is 3.11. The smallest absolute Gasteiger partial charge is 0.318 e. The Morgan fingerprint density at radius 2 is 1.87 bits per heavy atom. The molecule has 30 heavy (non-hydrogen) atoms. The number of urea groups is 1. The van der Waals surface area contributed by atoms with Crippen molar-refractivity contribution in [2.75, 3.05) is 25.5 Å². The van der Waals surface area contributed by atoms with Crippen LogP contribution in [0, 0.1) is 5.82 Å². The molecular weight excluding hydrogens is 389 g/mol. The minimum atomic E-state index is -0.357. The van der Waals surface area contributed by atoms with Crippen LogP contribution in [-0.2, 0) is 15.0 Å². The van der Waals surface area contributed by atoms with Gasteiger partial charge in [0.05, 0.1) is 11.4 Å². The van der Waals surface area contributed by atoms with Gasteiger partial charge in [-0.25, -0.2) is 13.9 Å². The van der Waals surface area contributed by atoms with Gasteiger partial charge in [0.15, 0.2) is 0 Å². The van der Waals surface area contributed by atoms with Gasteiger partial charge in [0.1, 0.15) is 18.2 Å². The summed E-state index contributed by atoms with van der Waals surface area (Å²) in [5.41, 5.74) is 1.16. The molecule has 0 spiro atoms. The number of nitrogens with one attached hydrogen (secondary N) is 1. The van der Waals surface area contributed by atoms with Gasteiger partial charge in [-0.2, -0.15) is 5.10 Å². The summed E-state index contributed by atoms with van der Waals surface area (Å²) in [5, 5.41) is 7.42. The summed E-state index contributed by atoms with van der Waals surface area (Å²) < 4.78 is 14.9. The third kappa shape index (κ3) is 4.67. The van der Waals surface area contributed by atoms with Gasteiger partial charge in [-0.15, -0.1) is 0 Å². The molecule has 160 valence electrons. The lowest BCUT2D eigenvalue weighted by Gasteiger charge is -2.14. The molecule has 4 amide bonds. The van der Waals surface area contributed by atoms with Crippen LogP contribution in [0.3, 0.4) is 0 Å². The third-order valence-corrected chi connectivity index (χ3v) is 4.83. The maximum Gasteiger partial charge on any atom is 0.326 e. The van der Waals surface area contributed by atoms with E-state index in [9.17, 15) is 18.8 Å². The van der Waals surface area contributed by atoms with Crippen LogP contribution in [0.25, 0.3) is 5.69 Å². The molecule has 1 aromatic heterocycles. The van der Waals surface area contributed by atoms with Gasteiger partial charge >= 0.3 is 6.03 Å². The van der Waals surface area contributed by atoms with E-state index in [0.717, 1.165) is 10.6 Å². The number of imide groups is 1. The summed E-state index contributed by atoms with van der Waals surface area (Å²) >= 11 is 0. The average Bonchev–Trinajstić information content (AvgIpc) is 3.18. The zero-order valence-electron chi connectivity index (χ0n) is 17.6. The highest BCUT2D eigenvalue weighted by molar-refractivity contribution is 6.01. The summed E-state index contributed by atoms with van der Waals surface area (Å²) in [5.74, 6) is -0.396. The van der Waals surface area contributed by atoms with E-state index in [1.165, 1.54) is 17.0 Å². The summed E-state index contributed by atoms with van der Waals surface area (Å²) in [6, 6.07) is 7.30. The van der Waals surface area contributed by atoms with Gasteiger partial charge in [0.25, 0.3) is 0 Å². The van der Waals surface area contributed by atoms with Gasteiger partial charge in [0, 0.05) is 31.5 Å². The number of nitrogens with zero attached hydrogens (tertiary/aromatic N) is 4. The Morgan fingerprint density at radius 3 is 2.43 bits per heavy atom. The molecule has 1 saturated heterocycles. The molecule has 0 bridgehead atoms. The number of anilines is 1. The highest BCUT2D eigenvalue weighted by Crippen LogP contribution is 2.26. The number of rotatable bonds is 6. The second-order valence-electron chi connectivity index (χ2n) is 8.39. The quantitative estimate of drug-likeness (QED) is 0.735. The minimum absolute atomic E-state index is 0.0669. The molecule has 1 aliphatic heterocycles. The average molecular weight is 415 g/mol. The van der Waals surface area contributed by atoms with Gasteiger partial charge < -0.3 is 10.2 Å². The van der Waals surface area contributed by atoms with Gasteiger partial charge in [-0.05, 0) is 30.7 Å². The summed E-state index contributed by atoms with van der Waals surface area (Å²) in [6.07, 6.45) is 0.494. The molecule has 1 fully saturated rings. The van der Waals surface area contributed by atoms with Gasteiger partial charge in [0.2, 0.25) is 11.8 Å². The fourth-order valence-corrected chi connectivity index (χ4v) is 3.11. The van der Waals surface area contributed by atoms with E-state index in [1.54, 1.807) is 29.9 Å². The van der Waals surface area contributed by atoms with E-state index in [1.807, 2.05) is 20.8 Å². The number of halogens is 1. The van der Waals surface area contributed by atoms with Crippen LogP contribution in [0.4, 0.5) is 15.0 Å². The lowest BCUT2D eigenvalue weighted by molar-refractivity contribution is -0.125. The molecule has 1 aliphatic rings. The maximum absolute atomic E-state index is 13.3. The number of hydrogen-bond acceptors (Lipinski definition) is 4. The molecule has 0 saturated carbocycles. The Kier molecular flexibility index (Phi) is 5.91. The number of hydrogen-bond donors (Lipinski definition) is 1. The second-order valence-corrected chi connectivity index (χ2v) is 8.39. The first-order valence-electron chi connectivity index (χ1n) is 9.78. The molecule has 0 radical (unpaired) electrons. The third-order valence-electron chi connectivity index (χ3n) is 4.83. The molecular formula is C21H26FN5O3. The molecule has 9 heteroatoms. The van der Waals surface area contributed by atoms with Crippen molar-refractivity contribution >= 4 is 23.7 Å². The maximum atomic E-state index is 13.3. The Morgan fingerprint density at radius 1 is 1.20 bits per heavy atom. The summed E-state index contributed by atoms with van der Waals surface area (Å²) in [6.45, 7) is 6.29. The molecule has 1 aromatic carbocycles.